The lowest BCUT2D eigenvalue weighted by atomic mass is 9.57. The Kier molecular flexibility index (Phi) is 6.74. The third-order valence-corrected chi connectivity index (χ3v) is 7.53. The molecule has 2 unspecified atom stereocenters. The van der Waals surface area contributed by atoms with Gasteiger partial charge in [0, 0.05) is 17.4 Å². The summed E-state index contributed by atoms with van der Waals surface area (Å²) < 4.78 is 0. The number of Topliss-reactive ketones (excluding diaryl/α,β-unsaturated/α-hetero) is 2. The van der Waals surface area contributed by atoms with Crippen LogP contribution in [0.15, 0.2) is 29.0 Å². The Balaban J connectivity index is 1.86. The highest BCUT2D eigenvalue weighted by molar-refractivity contribution is 6.24. The second kappa shape index (κ2) is 9.37. The first-order valence-corrected chi connectivity index (χ1v) is 12.2. The van der Waals surface area contributed by atoms with Gasteiger partial charge in [-0.15, -0.1) is 0 Å². The number of likely N-dealkylation sites (N-methyl/N-ethyl adjacent to an activating group) is 1. The van der Waals surface area contributed by atoms with E-state index in [4.69, 9.17) is 5.73 Å². The third-order valence-electron chi connectivity index (χ3n) is 7.53. The summed E-state index contributed by atoms with van der Waals surface area (Å²) in [6.45, 7) is 2.12. The summed E-state index contributed by atoms with van der Waals surface area (Å²) in [5.41, 5.74) is 3.12. The van der Waals surface area contributed by atoms with Crippen molar-refractivity contribution in [1.82, 2.24) is 4.90 Å². The number of unbranched alkanes of at least 4 members (excludes halogenated alkanes) is 3. The standard InChI is InChI=1S/C27H32N2O7/c1-4-5-6-7-8-13-9-10-17(30)19-15(13)11-14-12-16-21(29(2)3)23(32)20(26(28)35)25(34)27(16,36)24(33)18(14)22(19)31/h9-12,14,16,21,30-31,34,36H,4-8H2,1-3H3,(H2,28,35)/t14?,16?,21-,27-/m0/s1. The Labute approximate surface area is 209 Å². The van der Waals surface area contributed by atoms with Crippen molar-refractivity contribution < 1.29 is 34.8 Å². The number of primary amides is 1. The highest BCUT2D eigenvalue weighted by Gasteiger charge is 2.64. The van der Waals surface area contributed by atoms with E-state index in [0.29, 0.717) is 12.0 Å². The molecule has 4 rings (SSSR count). The lowest BCUT2D eigenvalue weighted by Crippen LogP contribution is -2.66. The lowest BCUT2D eigenvalue weighted by Gasteiger charge is -2.50. The van der Waals surface area contributed by atoms with E-state index in [1.807, 2.05) is 0 Å². The summed E-state index contributed by atoms with van der Waals surface area (Å²) in [7, 11) is 3.11. The molecule has 3 aliphatic carbocycles. The fourth-order valence-electron chi connectivity index (χ4n) is 5.75. The maximum absolute atomic E-state index is 13.8. The molecule has 2 radical (unpaired) electrons. The second-order valence-corrected chi connectivity index (χ2v) is 9.97. The Hall–Kier alpha value is -3.17. The highest BCUT2D eigenvalue weighted by Crippen LogP contribution is 2.53. The van der Waals surface area contributed by atoms with E-state index in [0.717, 1.165) is 31.2 Å². The van der Waals surface area contributed by atoms with Crippen molar-refractivity contribution in [2.24, 2.45) is 17.6 Å². The molecule has 4 atom stereocenters. The van der Waals surface area contributed by atoms with Crippen LogP contribution < -0.4 is 5.73 Å². The number of ketones is 2. The van der Waals surface area contributed by atoms with Gasteiger partial charge in [-0.2, -0.15) is 0 Å². The number of aliphatic hydroxyl groups is 3. The van der Waals surface area contributed by atoms with Crippen LogP contribution in [0.2, 0.25) is 0 Å². The lowest BCUT2D eigenvalue weighted by molar-refractivity contribution is -0.149. The Morgan fingerprint density at radius 2 is 1.81 bits per heavy atom. The quantitative estimate of drug-likeness (QED) is 0.282. The SMILES string of the molecule is CCCCCCc1ccc(O)c2c1[CH]C1[CH]C3[C@H](N(C)C)C(=O)C(C(N)=O)=C(O)[C@@]3(O)C(=O)C1=C2O. The Bertz CT molecular complexity index is 1200. The number of nitrogens with two attached hydrogens (primary N) is 1. The van der Waals surface area contributed by atoms with Crippen molar-refractivity contribution in [2.75, 3.05) is 14.1 Å². The highest BCUT2D eigenvalue weighted by atomic mass is 16.3. The van der Waals surface area contributed by atoms with Crippen LogP contribution in [0, 0.1) is 24.7 Å². The number of aryl methyl sites for hydroxylation is 1. The molecular weight excluding hydrogens is 464 g/mol. The van der Waals surface area contributed by atoms with E-state index >= 15 is 0 Å². The fourth-order valence-corrected chi connectivity index (χ4v) is 5.75. The first-order valence-electron chi connectivity index (χ1n) is 12.2. The zero-order valence-corrected chi connectivity index (χ0v) is 20.6. The molecule has 192 valence electrons. The van der Waals surface area contributed by atoms with Crippen LogP contribution in [0.5, 0.6) is 5.75 Å². The van der Waals surface area contributed by atoms with Crippen LogP contribution in [-0.4, -0.2) is 68.5 Å². The van der Waals surface area contributed by atoms with Gasteiger partial charge in [0.15, 0.2) is 11.4 Å². The topological polar surface area (TPSA) is 161 Å². The van der Waals surface area contributed by atoms with Crippen molar-refractivity contribution in [3.63, 3.8) is 0 Å². The Morgan fingerprint density at radius 3 is 2.42 bits per heavy atom. The number of rotatable bonds is 7. The van der Waals surface area contributed by atoms with E-state index < -0.39 is 58.0 Å². The van der Waals surface area contributed by atoms with Crippen LogP contribution in [0.4, 0.5) is 0 Å². The number of carbonyl (C=O) groups is 3. The van der Waals surface area contributed by atoms with E-state index in [1.165, 1.54) is 17.4 Å². The molecule has 0 saturated heterocycles. The zero-order valence-electron chi connectivity index (χ0n) is 20.6. The number of aromatic hydroxyl groups is 1. The molecule has 0 spiro atoms. The van der Waals surface area contributed by atoms with Gasteiger partial charge in [-0.25, -0.2) is 0 Å². The number of aliphatic hydroxyl groups excluding tert-OH is 2. The van der Waals surface area contributed by atoms with Crippen LogP contribution in [0.1, 0.15) is 49.3 Å². The number of phenolic OH excluding ortho intramolecular Hbond substituents is 1. The number of fused-ring (bicyclic) bond motifs is 3. The van der Waals surface area contributed by atoms with Gasteiger partial charge >= 0.3 is 0 Å². The van der Waals surface area contributed by atoms with Crippen LogP contribution >= 0.6 is 0 Å². The number of carbonyl (C=O) groups excluding carboxylic acids is 3. The summed E-state index contributed by atoms with van der Waals surface area (Å²) in [5.74, 6) is -7.01. The van der Waals surface area contributed by atoms with Crippen LogP contribution in [-0.2, 0) is 20.8 Å². The maximum Gasteiger partial charge on any atom is 0.255 e. The van der Waals surface area contributed by atoms with E-state index in [9.17, 15) is 34.8 Å². The van der Waals surface area contributed by atoms with Crippen molar-refractivity contribution >= 4 is 23.2 Å². The molecule has 0 heterocycles. The first-order chi connectivity index (χ1) is 17.0. The predicted molar refractivity (Wildman–Crippen MR) is 131 cm³/mol. The maximum atomic E-state index is 13.8. The number of hydrogen-bond acceptors (Lipinski definition) is 8. The molecule has 0 bridgehead atoms. The van der Waals surface area contributed by atoms with E-state index in [1.54, 1.807) is 26.6 Å². The van der Waals surface area contributed by atoms with Crippen molar-refractivity contribution in [1.29, 1.82) is 0 Å². The number of benzene rings is 1. The average Bonchev–Trinajstić information content (AvgIpc) is 2.80. The zero-order chi connectivity index (χ0) is 26.5. The Morgan fingerprint density at radius 1 is 1.11 bits per heavy atom. The molecule has 1 amide bonds. The van der Waals surface area contributed by atoms with Crippen LogP contribution in [0.25, 0.3) is 5.76 Å². The first kappa shape index (κ1) is 25.9. The normalized spacial score (nSPS) is 27.8. The molecule has 0 aromatic heterocycles. The molecule has 1 fully saturated rings. The molecule has 1 saturated carbocycles. The molecular formula is C27H32N2O7. The van der Waals surface area contributed by atoms with Gasteiger partial charge in [0.25, 0.3) is 5.91 Å². The number of hydrogen-bond donors (Lipinski definition) is 5. The minimum atomic E-state index is -2.69. The van der Waals surface area contributed by atoms with Gasteiger partial charge in [-0.05, 0) is 57.0 Å². The largest absolute Gasteiger partial charge is 0.508 e. The number of phenols is 1. The molecule has 1 aromatic rings. The molecule has 1 aromatic carbocycles. The summed E-state index contributed by atoms with van der Waals surface area (Å²) in [4.78, 5) is 40.3. The van der Waals surface area contributed by atoms with Gasteiger partial charge in [-0.1, -0.05) is 32.3 Å². The van der Waals surface area contributed by atoms with Crippen LogP contribution in [0.3, 0.4) is 0 Å². The van der Waals surface area contributed by atoms with Gasteiger partial charge in [0.05, 0.1) is 11.6 Å². The fraction of sp³-hybridized carbons (Fsp3) is 0.444. The minimum Gasteiger partial charge on any atom is -0.508 e. The molecule has 0 aliphatic heterocycles. The molecule has 9 nitrogen and oxygen atoms in total. The van der Waals surface area contributed by atoms with Gasteiger partial charge in [0.1, 0.15) is 22.8 Å². The summed E-state index contributed by atoms with van der Waals surface area (Å²) in [6.07, 6.45) is 8.10. The number of nitrogens with zero attached hydrogens (tertiary/aromatic N) is 1. The van der Waals surface area contributed by atoms with Crippen molar-refractivity contribution in [3.05, 3.63) is 58.6 Å². The van der Waals surface area contributed by atoms with Crippen molar-refractivity contribution in [3.8, 4) is 5.75 Å². The van der Waals surface area contributed by atoms with Gasteiger partial charge in [-0.3, -0.25) is 19.3 Å². The average molecular weight is 497 g/mol. The monoisotopic (exact) mass is 496 g/mol. The molecule has 9 heteroatoms. The summed E-state index contributed by atoms with van der Waals surface area (Å²) >= 11 is 0. The van der Waals surface area contributed by atoms with E-state index in [2.05, 4.69) is 6.92 Å². The third kappa shape index (κ3) is 3.72. The minimum absolute atomic E-state index is 0.0766. The van der Waals surface area contributed by atoms with E-state index in [-0.39, 0.29) is 16.9 Å². The molecule has 6 N–H and O–H groups in total. The molecule has 3 aliphatic rings. The summed E-state index contributed by atoms with van der Waals surface area (Å²) in [6, 6.07) is 2.09. The summed E-state index contributed by atoms with van der Waals surface area (Å²) in [5, 5.41) is 44.2. The smallest absolute Gasteiger partial charge is 0.255 e. The number of amides is 1. The van der Waals surface area contributed by atoms with Gasteiger partial charge in [0.2, 0.25) is 5.78 Å². The van der Waals surface area contributed by atoms with Crippen molar-refractivity contribution in [2.45, 2.75) is 50.7 Å². The predicted octanol–water partition coefficient (Wildman–Crippen LogP) is 1.91. The second-order valence-electron chi connectivity index (χ2n) is 9.97. The molecule has 36 heavy (non-hydrogen) atoms. The van der Waals surface area contributed by atoms with Gasteiger partial charge < -0.3 is 26.2 Å².